The Hall–Kier alpha value is -1.55. The maximum absolute atomic E-state index is 11.5. The molecule has 0 N–H and O–H groups in total. The highest BCUT2D eigenvalue weighted by Gasteiger charge is 2.49. The molecule has 1 saturated carbocycles. The number of rotatable bonds is 3. The molecule has 1 fully saturated rings. The second kappa shape index (κ2) is 5.44. The highest BCUT2D eigenvalue weighted by atomic mass is 16.6. The average molecular weight is 276 g/mol. The Balaban J connectivity index is 1.77. The summed E-state index contributed by atoms with van der Waals surface area (Å²) >= 11 is 0. The molecule has 5 unspecified atom stereocenters. The van der Waals surface area contributed by atoms with Gasteiger partial charge in [0.2, 0.25) is 0 Å². The lowest BCUT2D eigenvalue weighted by atomic mass is 9.75. The van der Waals surface area contributed by atoms with E-state index in [9.17, 15) is 4.79 Å². The molecule has 0 saturated heterocycles. The molecule has 4 heteroatoms. The van der Waals surface area contributed by atoms with Gasteiger partial charge in [0.25, 0.3) is 0 Å². The highest BCUT2D eigenvalue weighted by molar-refractivity contribution is 5.83. The summed E-state index contributed by atoms with van der Waals surface area (Å²) in [4.78, 5) is 11.5. The van der Waals surface area contributed by atoms with Gasteiger partial charge in [0.1, 0.15) is 18.3 Å². The summed E-state index contributed by atoms with van der Waals surface area (Å²) in [6, 6.07) is 0. The fraction of sp³-hybridized carbons (Fsp3) is 0.562. The van der Waals surface area contributed by atoms with Crippen LogP contribution in [-0.2, 0) is 19.0 Å². The van der Waals surface area contributed by atoms with Crippen molar-refractivity contribution >= 4 is 5.97 Å². The number of ether oxygens (including phenoxy) is 3. The highest BCUT2D eigenvalue weighted by Crippen LogP contribution is 2.40. The second-order valence-electron chi connectivity index (χ2n) is 5.83. The number of hydrogen-bond donors (Lipinski definition) is 0. The predicted molar refractivity (Wildman–Crippen MR) is 73.8 cm³/mol. The first kappa shape index (κ1) is 13.4. The van der Waals surface area contributed by atoms with E-state index in [2.05, 4.69) is 6.08 Å². The molecular weight excluding hydrogens is 256 g/mol. The lowest BCUT2D eigenvalue weighted by molar-refractivity contribution is -0.177. The number of allylic oxidation sites excluding steroid dienone is 1. The van der Waals surface area contributed by atoms with Crippen LogP contribution in [0.15, 0.2) is 36.1 Å². The van der Waals surface area contributed by atoms with Crippen molar-refractivity contribution < 1.29 is 19.0 Å². The molecule has 0 aromatic heterocycles. The van der Waals surface area contributed by atoms with E-state index in [0.29, 0.717) is 12.5 Å². The molecule has 0 bridgehead atoms. The van der Waals surface area contributed by atoms with Gasteiger partial charge in [-0.2, -0.15) is 0 Å². The summed E-state index contributed by atoms with van der Waals surface area (Å²) < 4.78 is 17.1. The molecule has 0 radical (unpaired) electrons. The van der Waals surface area contributed by atoms with Crippen LogP contribution >= 0.6 is 0 Å². The standard InChI is InChI=1S/C16H20O4/c1-10(2)5-7-19-16-14-12(6-8-18-14)9-11-3-4-13(17)20-15(11)16/h3-6,8,11-12,14-16H,7,9H2,1-2H3. The molecule has 0 aromatic carbocycles. The Labute approximate surface area is 119 Å². The summed E-state index contributed by atoms with van der Waals surface area (Å²) in [5.41, 5.74) is 1.21. The fourth-order valence-corrected chi connectivity index (χ4v) is 3.09. The van der Waals surface area contributed by atoms with Gasteiger partial charge in [-0.25, -0.2) is 4.79 Å². The Bertz CT molecular complexity index is 473. The second-order valence-corrected chi connectivity index (χ2v) is 5.83. The molecule has 2 heterocycles. The van der Waals surface area contributed by atoms with Crippen LogP contribution in [0.25, 0.3) is 0 Å². The Morgan fingerprint density at radius 3 is 2.95 bits per heavy atom. The smallest absolute Gasteiger partial charge is 0.330 e. The first-order chi connectivity index (χ1) is 9.65. The van der Waals surface area contributed by atoms with Gasteiger partial charge in [-0.3, -0.25) is 0 Å². The van der Waals surface area contributed by atoms with Crippen molar-refractivity contribution in [3.8, 4) is 0 Å². The molecule has 3 rings (SSSR count). The van der Waals surface area contributed by atoms with Gasteiger partial charge in [-0.05, 0) is 26.3 Å². The molecule has 0 amide bonds. The van der Waals surface area contributed by atoms with Crippen molar-refractivity contribution in [1.29, 1.82) is 0 Å². The van der Waals surface area contributed by atoms with E-state index in [1.54, 1.807) is 6.26 Å². The number of fused-ring (bicyclic) bond motifs is 2. The van der Waals surface area contributed by atoms with Crippen molar-refractivity contribution in [3.63, 3.8) is 0 Å². The van der Waals surface area contributed by atoms with Crippen molar-refractivity contribution in [1.82, 2.24) is 0 Å². The average Bonchev–Trinajstić information content (AvgIpc) is 2.86. The first-order valence-corrected chi connectivity index (χ1v) is 7.11. The van der Waals surface area contributed by atoms with E-state index in [1.165, 1.54) is 11.6 Å². The maximum Gasteiger partial charge on any atom is 0.330 e. The van der Waals surface area contributed by atoms with Gasteiger partial charge in [-0.15, -0.1) is 0 Å². The van der Waals surface area contributed by atoms with Crippen LogP contribution in [0.5, 0.6) is 0 Å². The fourth-order valence-electron chi connectivity index (χ4n) is 3.09. The number of carbonyl (C=O) groups excluding carboxylic acids is 1. The van der Waals surface area contributed by atoms with Crippen LogP contribution in [0.2, 0.25) is 0 Å². The third kappa shape index (κ3) is 2.52. The van der Waals surface area contributed by atoms with E-state index in [4.69, 9.17) is 14.2 Å². The van der Waals surface area contributed by atoms with E-state index in [1.807, 2.05) is 26.0 Å². The molecule has 4 nitrogen and oxygen atoms in total. The first-order valence-electron chi connectivity index (χ1n) is 7.11. The van der Waals surface area contributed by atoms with Crippen LogP contribution in [-0.4, -0.2) is 30.9 Å². The monoisotopic (exact) mass is 276 g/mol. The van der Waals surface area contributed by atoms with E-state index >= 15 is 0 Å². The van der Waals surface area contributed by atoms with Crippen LogP contribution < -0.4 is 0 Å². The SMILES string of the molecule is CC(C)=CCOC1C2OC=CC2CC2C=CC(=O)OC21. The summed E-state index contributed by atoms with van der Waals surface area (Å²) in [5.74, 6) is 0.276. The third-order valence-electron chi connectivity index (χ3n) is 4.11. The van der Waals surface area contributed by atoms with E-state index in [-0.39, 0.29) is 30.2 Å². The molecular formula is C16H20O4. The van der Waals surface area contributed by atoms with Gasteiger partial charge in [0, 0.05) is 17.9 Å². The quantitative estimate of drug-likeness (QED) is 0.586. The normalized spacial score (nSPS) is 37.7. The molecule has 2 aliphatic heterocycles. The van der Waals surface area contributed by atoms with Crippen molar-refractivity contribution in [2.24, 2.45) is 11.8 Å². The predicted octanol–water partition coefficient (Wildman–Crippen LogP) is 2.37. The molecule has 1 aliphatic carbocycles. The zero-order chi connectivity index (χ0) is 14.1. The molecule has 0 spiro atoms. The Morgan fingerprint density at radius 2 is 2.15 bits per heavy atom. The topological polar surface area (TPSA) is 44.8 Å². The number of carbonyl (C=O) groups is 1. The van der Waals surface area contributed by atoms with E-state index < -0.39 is 0 Å². The summed E-state index contributed by atoms with van der Waals surface area (Å²) in [6.07, 6.45) is 9.79. The van der Waals surface area contributed by atoms with Gasteiger partial charge in [-0.1, -0.05) is 17.7 Å². The van der Waals surface area contributed by atoms with Gasteiger partial charge in [0.05, 0.1) is 12.9 Å². The summed E-state index contributed by atoms with van der Waals surface area (Å²) in [5, 5.41) is 0. The largest absolute Gasteiger partial charge is 0.495 e. The zero-order valence-electron chi connectivity index (χ0n) is 11.8. The van der Waals surface area contributed by atoms with Gasteiger partial charge in [0.15, 0.2) is 0 Å². The number of esters is 1. The Morgan fingerprint density at radius 1 is 1.35 bits per heavy atom. The molecule has 20 heavy (non-hydrogen) atoms. The minimum atomic E-state index is -0.286. The minimum absolute atomic E-state index is 0.0406. The van der Waals surface area contributed by atoms with Crippen LogP contribution in [0.1, 0.15) is 20.3 Å². The Kier molecular flexibility index (Phi) is 3.66. The van der Waals surface area contributed by atoms with Crippen molar-refractivity contribution in [3.05, 3.63) is 36.1 Å². The lowest BCUT2D eigenvalue weighted by Crippen LogP contribution is -2.53. The number of hydrogen-bond acceptors (Lipinski definition) is 4. The van der Waals surface area contributed by atoms with Crippen molar-refractivity contribution in [2.45, 2.75) is 38.6 Å². The molecule has 3 aliphatic rings. The molecule has 108 valence electrons. The third-order valence-corrected chi connectivity index (χ3v) is 4.11. The summed E-state index contributed by atoms with van der Waals surface area (Å²) in [7, 11) is 0. The van der Waals surface area contributed by atoms with Gasteiger partial charge >= 0.3 is 5.97 Å². The van der Waals surface area contributed by atoms with Crippen LogP contribution in [0, 0.1) is 11.8 Å². The van der Waals surface area contributed by atoms with Gasteiger partial charge < -0.3 is 14.2 Å². The molecule has 5 atom stereocenters. The van der Waals surface area contributed by atoms with E-state index in [0.717, 1.165) is 6.42 Å². The van der Waals surface area contributed by atoms with Crippen LogP contribution in [0.4, 0.5) is 0 Å². The van der Waals surface area contributed by atoms with Crippen molar-refractivity contribution in [2.75, 3.05) is 6.61 Å². The van der Waals surface area contributed by atoms with Crippen LogP contribution in [0.3, 0.4) is 0 Å². The molecule has 0 aromatic rings. The minimum Gasteiger partial charge on any atom is -0.495 e. The lowest BCUT2D eigenvalue weighted by Gasteiger charge is -2.42. The maximum atomic E-state index is 11.5. The summed E-state index contributed by atoms with van der Waals surface area (Å²) in [6.45, 7) is 4.59. The zero-order valence-corrected chi connectivity index (χ0v) is 11.8.